The smallest absolute Gasteiger partial charge is 0.410 e. The summed E-state index contributed by atoms with van der Waals surface area (Å²) in [6, 6.07) is 11.5. The number of ether oxygens (including phenoxy) is 1. The molecule has 8 heteroatoms. The third-order valence-electron chi connectivity index (χ3n) is 5.41. The van der Waals surface area contributed by atoms with Gasteiger partial charge < -0.3 is 24.8 Å². The average molecular weight is 436 g/mol. The van der Waals surface area contributed by atoms with Gasteiger partial charge in [0.2, 0.25) is 0 Å². The number of benzene rings is 1. The van der Waals surface area contributed by atoms with Crippen molar-refractivity contribution in [3.8, 4) is 0 Å². The number of hydrogen-bond acceptors (Lipinski definition) is 5. The number of carbonyl (C=O) groups excluding carboxylic acids is 2. The van der Waals surface area contributed by atoms with Crippen molar-refractivity contribution < 1.29 is 14.3 Å². The monoisotopic (exact) mass is 435 g/mol. The SMILES string of the molecule is Cc1[nH]c2ccccc2c1C(=O)Nc1ccc(N2CCN(C(=O)OC(C)(C)C)CC2)cn1. The molecule has 2 amide bonds. The summed E-state index contributed by atoms with van der Waals surface area (Å²) < 4.78 is 5.45. The number of amides is 2. The third kappa shape index (κ3) is 4.69. The van der Waals surface area contributed by atoms with Crippen LogP contribution < -0.4 is 10.2 Å². The van der Waals surface area contributed by atoms with Gasteiger partial charge in [-0.25, -0.2) is 9.78 Å². The van der Waals surface area contributed by atoms with Crippen LogP contribution in [-0.2, 0) is 4.74 Å². The molecule has 1 fully saturated rings. The molecule has 0 unspecified atom stereocenters. The molecule has 0 atom stereocenters. The summed E-state index contributed by atoms with van der Waals surface area (Å²) in [5.74, 6) is 0.307. The van der Waals surface area contributed by atoms with E-state index >= 15 is 0 Å². The number of carbonyl (C=O) groups is 2. The van der Waals surface area contributed by atoms with Crippen LogP contribution in [0.2, 0.25) is 0 Å². The Balaban J connectivity index is 1.37. The van der Waals surface area contributed by atoms with Crippen LogP contribution in [0.1, 0.15) is 36.8 Å². The quantitative estimate of drug-likeness (QED) is 0.644. The van der Waals surface area contributed by atoms with Crippen molar-refractivity contribution in [2.75, 3.05) is 36.4 Å². The molecule has 0 aliphatic carbocycles. The number of aryl methyl sites for hydroxylation is 1. The molecule has 0 spiro atoms. The van der Waals surface area contributed by atoms with Gasteiger partial charge in [-0.05, 0) is 45.9 Å². The van der Waals surface area contributed by atoms with Gasteiger partial charge in [0.25, 0.3) is 5.91 Å². The van der Waals surface area contributed by atoms with Crippen LogP contribution in [0.5, 0.6) is 0 Å². The van der Waals surface area contributed by atoms with E-state index in [-0.39, 0.29) is 12.0 Å². The Morgan fingerprint density at radius 1 is 1.06 bits per heavy atom. The lowest BCUT2D eigenvalue weighted by molar-refractivity contribution is 0.0240. The van der Waals surface area contributed by atoms with Crippen molar-refractivity contribution in [1.82, 2.24) is 14.9 Å². The third-order valence-corrected chi connectivity index (χ3v) is 5.41. The molecule has 8 nitrogen and oxygen atoms in total. The minimum absolute atomic E-state index is 0.189. The molecule has 2 N–H and O–H groups in total. The number of pyridine rings is 1. The summed E-state index contributed by atoms with van der Waals surface area (Å²) in [5.41, 5.74) is 2.84. The van der Waals surface area contributed by atoms with E-state index in [9.17, 15) is 9.59 Å². The zero-order valence-electron chi connectivity index (χ0n) is 18.9. The van der Waals surface area contributed by atoms with Gasteiger partial charge in [-0.3, -0.25) is 4.79 Å². The van der Waals surface area contributed by atoms with Gasteiger partial charge in [0.05, 0.1) is 17.4 Å². The van der Waals surface area contributed by atoms with Crippen LogP contribution in [0.25, 0.3) is 10.9 Å². The van der Waals surface area contributed by atoms with Crippen LogP contribution in [0.3, 0.4) is 0 Å². The number of aromatic amines is 1. The van der Waals surface area contributed by atoms with Gasteiger partial charge in [-0.15, -0.1) is 0 Å². The first kappa shape index (κ1) is 21.7. The minimum atomic E-state index is -0.496. The Bertz CT molecular complexity index is 1120. The van der Waals surface area contributed by atoms with Crippen LogP contribution in [-0.4, -0.2) is 58.6 Å². The van der Waals surface area contributed by atoms with E-state index in [4.69, 9.17) is 4.74 Å². The number of piperazine rings is 1. The van der Waals surface area contributed by atoms with Crippen molar-refractivity contribution >= 4 is 34.4 Å². The molecule has 1 aliphatic rings. The number of hydrogen-bond donors (Lipinski definition) is 2. The molecule has 1 saturated heterocycles. The van der Waals surface area contributed by atoms with Crippen LogP contribution in [0, 0.1) is 6.92 Å². The van der Waals surface area contributed by atoms with Gasteiger partial charge in [-0.2, -0.15) is 0 Å². The lowest BCUT2D eigenvalue weighted by atomic mass is 10.1. The van der Waals surface area contributed by atoms with E-state index < -0.39 is 5.60 Å². The van der Waals surface area contributed by atoms with Crippen LogP contribution >= 0.6 is 0 Å². The molecule has 1 aliphatic heterocycles. The Hall–Kier alpha value is -3.55. The highest BCUT2D eigenvalue weighted by Gasteiger charge is 2.26. The van der Waals surface area contributed by atoms with E-state index in [2.05, 4.69) is 20.2 Å². The fraction of sp³-hybridized carbons (Fsp3) is 0.375. The van der Waals surface area contributed by atoms with Gasteiger partial charge in [0.15, 0.2) is 0 Å². The van der Waals surface area contributed by atoms with Crippen molar-refractivity contribution in [3.05, 3.63) is 53.9 Å². The second kappa shape index (κ2) is 8.53. The largest absolute Gasteiger partial charge is 0.444 e. The number of aromatic nitrogens is 2. The van der Waals surface area contributed by atoms with E-state index in [1.54, 1.807) is 17.2 Å². The number of H-pyrrole nitrogens is 1. The highest BCUT2D eigenvalue weighted by atomic mass is 16.6. The number of anilines is 2. The van der Waals surface area contributed by atoms with Gasteiger partial charge in [0, 0.05) is 42.8 Å². The second-order valence-electron chi connectivity index (χ2n) is 8.98. The molecular weight excluding hydrogens is 406 g/mol. The summed E-state index contributed by atoms with van der Waals surface area (Å²) in [4.78, 5) is 36.7. The van der Waals surface area contributed by atoms with Crippen molar-refractivity contribution in [1.29, 1.82) is 0 Å². The van der Waals surface area contributed by atoms with Gasteiger partial charge in [-0.1, -0.05) is 18.2 Å². The minimum Gasteiger partial charge on any atom is -0.444 e. The molecule has 0 saturated carbocycles. The summed E-state index contributed by atoms with van der Waals surface area (Å²) >= 11 is 0. The zero-order chi connectivity index (χ0) is 22.9. The first-order valence-corrected chi connectivity index (χ1v) is 10.8. The Morgan fingerprint density at radius 3 is 2.44 bits per heavy atom. The van der Waals surface area contributed by atoms with Crippen LogP contribution in [0.15, 0.2) is 42.6 Å². The standard InChI is InChI=1S/C24H29N5O3/c1-16-21(18-7-5-6-8-19(18)26-16)22(30)27-20-10-9-17(15-25-20)28-11-13-29(14-12-28)23(31)32-24(2,3)4/h5-10,15,26H,11-14H2,1-4H3,(H,25,27,30). The molecular formula is C24H29N5O3. The maximum atomic E-state index is 12.9. The number of fused-ring (bicyclic) bond motifs is 1. The fourth-order valence-corrected chi connectivity index (χ4v) is 3.87. The molecule has 0 radical (unpaired) electrons. The molecule has 168 valence electrons. The van der Waals surface area contributed by atoms with Crippen molar-refractivity contribution in [2.24, 2.45) is 0 Å². The number of rotatable bonds is 3. The molecule has 2 aromatic heterocycles. The van der Waals surface area contributed by atoms with E-state index in [0.29, 0.717) is 37.6 Å². The zero-order valence-corrected chi connectivity index (χ0v) is 18.9. The molecule has 32 heavy (non-hydrogen) atoms. The first-order valence-electron chi connectivity index (χ1n) is 10.8. The topological polar surface area (TPSA) is 90.6 Å². The van der Waals surface area contributed by atoms with E-state index in [1.807, 2.05) is 58.0 Å². The maximum Gasteiger partial charge on any atom is 0.410 e. The highest BCUT2D eigenvalue weighted by molar-refractivity contribution is 6.13. The predicted molar refractivity (Wildman–Crippen MR) is 125 cm³/mol. The summed E-state index contributed by atoms with van der Waals surface area (Å²) in [7, 11) is 0. The van der Waals surface area contributed by atoms with Crippen molar-refractivity contribution in [3.63, 3.8) is 0 Å². The number of para-hydroxylation sites is 1. The molecule has 1 aromatic carbocycles. The molecule has 3 aromatic rings. The van der Waals surface area contributed by atoms with Gasteiger partial charge in [0.1, 0.15) is 11.4 Å². The molecule has 3 heterocycles. The van der Waals surface area contributed by atoms with Crippen LogP contribution in [0.4, 0.5) is 16.3 Å². The summed E-state index contributed by atoms with van der Waals surface area (Å²) in [5, 5.41) is 3.78. The Labute approximate surface area is 187 Å². The second-order valence-corrected chi connectivity index (χ2v) is 8.98. The summed E-state index contributed by atoms with van der Waals surface area (Å²) in [6.45, 7) is 10.1. The lowest BCUT2D eigenvalue weighted by Crippen LogP contribution is -2.50. The Morgan fingerprint density at radius 2 is 1.78 bits per heavy atom. The van der Waals surface area contributed by atoms with E-state index in [1.165, 1.54) is 0 Å². The average Bonchev–Trinajstić information content (AvgIpc) is 3.09. The molecule has 4 rings (SSSR count). The Kier molecular flexibility index (Phi) is 5.78. The number of nitrogens with zero attached hydrogens (tertiary/aromatic N) is 3. The van der Waals surface area contributed by atoms with E-state index in [0.717, 1.165) is 22.3 Å². The maximum absolute atomic E-state index is 12.9. The van der Waals surface area contributed by atoms with Gasteiger partial charge >= 0.3 is 6.09 Å². The predicted octanol–water partition coefficient (Wildman–Crippen LogP) is 4.18. The highest BCUT2D eigenvalue weighted by Crippen LogP contribution is 2.23. The first-order chi connectivity index (χ1) is 15.2. The van der Waals surface area contributed by atoms with Crippen molar-refractivity contribution in [2.45, 2.75) is 33.3 Å². The normalized spacial score (nSPS) is 14.5. The number of nitrogens with one attached hydrogen (secondary N) is 2. The molecule has 0 bridgehead atoms. The summed E-state index contributed by atoms with van der Waals surface area (Å²) in [6.07, 6.45) is 1.47. The fourth-order valence-electron chi connectivity index (χ4n) is 3.87. The lowest BCUT2D eigenvalue weighted by Gasteiger charge is -2.36.